The molecule has 0 aliphatic carbocycles. The summed E-state index contributed by atoms with van der Waals surface area (Å²) in [5, 5.41) is 0. The van der Waals surface area contributed by atoms with Gasteiger partial charge in [0.15, 0.2) is 0 Å². The maximum absolute atomic E-state index is 11.3. The van der Waals surface area contributed by atoms with E-state index >= 15 is 0 Å². The zero-order chi connectivity index (χ0) is 44.2. The predicted octanol–water partition coefficient (Wildman–Crippen LogP) is 10.5. The van der Waals surface area contributed by atoms with Crippen molar-refractivity contribution in [2.24, 2.45) is 0 Å². The Morgan fingerprint density at radius 3 is 0.969 bits per heavy atom. The first-order chi connectivity index (χ1) is 27.1. The van der Waals surface area contributed by atoms with Gasteiger partial charge in [-0.25, -0.2) is 8.42 Å². The first-order valence-electron chi connectivity index (χ1n) is 22.6. The molecule has 0 saturated carbocycles. The molecular formula is C50H108N6O7S. The summed E-state index contributed by atoms with van der Waals surface area (Å²) in [6.45, 7) is 30.7. The number of imide groups is 1. The highest BCUT2D eigenvalue weighted by atomic mass is 32.2. The Bertz CT molecular complexity index is 1340. The van der Waals surface area contributed by atoms with E-state index in [1.807, 2.05) is 56.2 Å². The average Bonchev–Trinajstić information content (AvgIpc) is 3.58. The molecule has 6 saturated heterocycles. The molecular weight excluding hydrogens is 829 g/mol. The Balaban J connectivity index is -0.000000155. The van der Waals surface area contributed by atoms with Crippen LogP contribution in [0.5, 0.6) is 0 Å². The summed E-state index contributed by atoms with van der Waals surface area (Å²) in [6, 6.07) is 2.13. The highest BCUT2D eigenvalue weighted by molar-refractivity contribution is 7.89. The quantitative estimate of drug-likeness (QED) is 0.190. The lowest BCUT2D eigenvalue weighted by molar-refractivity contribution is -0.150. The number of piperidine rings is 3. The molecule has 386 valence electrons. The Hall–Kier alpha value is -2.58. The van der Waals surface area contributed by atoms with Crippen molar-refractivity contribution < 1.29 is 32.4 Å². The van der Waals surface area contributed by atoms with Gasteiger partial charge in [-0.3, -0.25) is 28.9 Å². The molecule has 0 spiro atoms. The second kappa shape index (κ2) is 37.5. The molecule has 6 rings (SSSR count). The molecule has 6 aliphatic heterocycles. The minimum atomic E-state index is -2.89. The number of sulfonamides is 1. The fraction of sp³-hybridized carbons (Fsp3) is 0.900. The van der Waals surface area contributed by atoms with Crippen LogP contribution in [0.15, 0.2) is 0 Å². The predicted molar refractivity (Wildman–Crippen MR) is 275 cm³/mol. The first-order valence-corrected chi connectivity index (χ1v) is 24.2. The second-order valence-corrected chi connectivity index (χ2v) is 19.9. The summed E-state index contributed by atoms with van der Waals surface area (Å²) in [5.41, 5.74) is 0. The lowest BCUT2D eigenvalue weighted by Crippen LogP contribution is -2.47. The Kier molecular flexibility index (Phi) is 42.8. The van der Waals surface area contributed by atoms with Crippen LogP contribution in [-0.4, -0.2) is 148 Å². The van der Waals surface area contributed by atoms with Crippen LogP contribution < -0.4 is 0 Å². The molecule has 6 heterocycles. The number of rotatable bonds is 6. The molecule has 0 aromatic rings. The third kappa shape index (κ3) is 26.5. The van der Waals surface area contributed by atoms with E-state index in [4.69, 9.17) is 0 Å². The van der Waals surface area contributed by atoms with Gasteiger partial charge in [-0.1, -0.05) is 51.0 Å². The SMILES string of the molecule is C.C.C.C.C.C.CC(C)N1C(=O)CCCC1=O.CC(C)N1CCC1=O.CC(C)N1CCCC1=O.CC(C)N1CCCCC1.CC(C)N1CCCCC1=O.CC(C)N1CCCCS1(=O)=O. The largest absolute Gasteiger partial charge is 0.340 e. The molecule has 0 aromatic heterocycles. The van der Waals surface area contributed by atoms with Gasteiger partial charge in [-0.15, -0.1) is 0 Å². The van der Waals surface area contributed by atoms with Crippen LogP contribution >= 0.6 is 0 Å². The minimum absolute atomic E-state index is 0. The van der Waals surface area contributed by atoms with Crippen LogP contribution in [0.3, 0.4) is 0 Å². The van der Waals surface area contributed by atoms with E-state index in [2.05, 4.69) is 46.4 Å². The van der Waals surface area contributed by atoms with Crippen LogP contribution in [0.1, 0.15) is 218 Å². The van der Waals surface area contributed by atoms with E-state index in [9.17, 15) is 32.4 Å². The van der Waals surface area contributed by atoms with Gasteiger partial charge in [0.1, 0.15) is 0 Å². The van der Waals surface area contributed by atoms with Crippen LogP contribution in [0.2, 0.25) is 0 Å². The Morgan fingerprint density at radius 1 is 0.344 bits per heavy atom. The van der Waals surface area contributed by atoms with E-state index in [1.54, 1.807) is 4.31 Å². The van der Waals surface area contributed by atoms with Gasteiger partial charge in [0.05, 0.1) is 5.75 Å². The maximum Gasteiger partial charge on any atom is 0.229 e. The van der Waals surface area contributed by atoms with Crippen LogP contribution in [0.25, 0.3) is 0 Å². The summed E-state index contributed by atoms with van der Waals surface area (Å²) in [6.07, 6.45) is 13.5. The number of hydrogen-bond acceptors (Lipinski definition) is 8. The summed E-state index contributed by atoms with van der Waals surface area (Å²) in [7, 11) is -2.89. The third-order valence-corrected chi connectivity index (χ3v) is 13.3. The molecule has 0 N–H and O–H groups in total. The van der Waals surface area contributed by atoms with E-state index < -0.39 is 10.0 Å². The van der Waals surface area contributed by atoms with Gasteiger partial charge in [-0.2, -0.15) is 4.31 Å². The number of amides is 5. The molecule has 0 aromatic carbocycles. The van der Waals surface area contributed by atoms with Gasteiger partial charge in [0.25, 0.3) is 0 Å². The van der Waals surface area contributed by atoms with Crippen molar-refractivity contribution in [3.63, 3.8) is 0 Å². The summed E-state index contributed by atoms with van der Waals surface area (Å²) in [4.78, 5) is 64.7. The first kappa shape index (κ1) is 73.0. The van der Waals surface area contributed by atoms with Gasteiger partial charge in [0.2, 0.25) is 39.6 Å². The minimum Gasteiger partial charge on any atom is -0.340 e. The molecule has 0 radical (unpaired) electrons. The van der Waals surface area contributed by atoms with Crippen LogP contribution in [0.4, 0.5) is 0 Å². The summed E-state index contributed by atoms with van der Waals surface area (Å²) in [5.74, 6) is 1.27. The van der Waals surface area contributed by atoms with Gasteiger partial charge < -0.3 is 19.6 Å². The summed E-state index contributed by atoms with van der Waals surface area (Å²) >= 11 is 0. The van der Waals surface area contributed by atoms with Crippen molar-refractivity contribution >= 4 is 39.6 Å². The Morgan fingerprint density at radius 2 is 0.719 bits per heavy atom. The number of β-lactam (4-membered cyclic amide) rings is 1. The lowest BCUT2D eigenvalue weighted by atomic mass is 10.1. The van der Waals surface area contributed by atoms with E-state index in [0.29, 0.717) is 61.0 Å². The zero-order valence-corrected chi connectivity index (χ0v) is 39.6. The molecule has 14 heteroatoms. The molecule has 5 amide bonds. The lowest BCUT2D eigenvalue weighted by Gasteiger charge is -2.34. The van der Waals surface area contributed by atoms with Crippen molar-refractivity contribution in [2.75, 3.05) is 45.0 Å². The van der Waals surface area contributed by atoms with Crippen molar-refractivity contribution in [3.05, 3.63) is 0 Å². The molecule has 0 bridgehead atoms. The Labute approximate surface area is 398 Å². The highest BCUT2D eigenvalue weighted by Gasteiger charge is 2.29. The van der Waals surface area contributed by atoms with Crippen molar-refractivity contribution in [3.8, 4) is 0 Å². The average molecular weight is 938 g/mol. The zero-order valence-electron chi connectivity index (χ0n) is 38.8. The van der Waals surface area contributed by atoms with Crippen LogP contribution in [0, 0.1) is 0 Å². The second-order valence-electron chi connectivity index (χ2n) is 17.9. The van der Waals surface area contributed by atoms with E-state index in [-0.39, 0.29) is 68.5 Å². The standard InChI is InChI=1S/C8H13NO2.C8H15NO.C8H17N.C7H15NO2S.C7H13NO.C6H11NO.6CH4/c1-6(2)9-7(10)4-3-5-8(9)11;1-7(2)9-6-4-3-5-8(9)10;1-8(2)9-6-4-3-5-7-9;1-7(2)8-5-3-4-6-11(8,9)10;1-6(2)8-5-3-4-7(8)9;1-5(2)7-4-3-6(7)8;;;;;;/h6H,3-5H2,1-2H3;7H,3-6H2,1-2H3;8H,3-7H2,1-2H3;7H,3-6H2,1-2H3;6H,3-5H2,1-2H3;5H,3-4H2,1-2H3;6*1H4. The number of nitrogens with zero attached hydrogens (tertiary/aromatic N) is 6. The van der Waals surface area contributed by atoms with E-state index in [1.165, 1.54) is 43.7 Å². The van der Waals surface area contributed by atoms with Crippen LogP contribution in [-0.2, 0) is 34.0 Å². The molecule has 0 unspecified atom stereocenters. The fourth-order valence-electron chi connectivity index (χ4n) is 7.64. The monoisotopic (exact) mass is 937 g/mol. The third-order valence-electron chi connectivity index (χ3n) is 11.1. The number of likely N-dealkylation sites (tertiary alicyclic amines) is 5. The number of carbonyl (C=O) groups is 5. The number of hydrogen-bond donors (Lipinski definition) is 0. The molecule has 6 aliphatic rings. The normalized spacial score (nSPS) is 19.4. The molecule has 13 nitrogen and oxygen atoms in total. The van der Waals surface area contributed by atoms with Gasteiger partial charge >= 0.3 is 0 Å². The van der Waals surface area contributed by atoms with Crippen molar-refractivity contribution in [1.82, 2.24) is 28.8 Å². The molecule has 64 heavy (non-hydrogen) atoms. The smallest absolute Gasteiger partial charge is 0.229 e. The molecule has 0 atom stereocenters. The van der Waals surface area contributed by atoms with Crippen molar-refractivity contribution in [2.45, 2.75) is 254 Å². The number of carbonyl (C=O) groups excluding carboxylic acids is 5. The fourth-order valence-corrected chi connectivity index (χ4v) is 9.49. The maximum atomic E-state index is 11.3. The van der Waals surface area contributed by atoms with Gasteiger partial charge in [-0.05, 0) is 148 Å². The van der Waals surface area contributed by atoms with Gasteiger partial charge in [0, 0.05) is 94.5 Å². The van der Waals surface area contributed by atoms with Crippen molar-refractivity contribution in [1.29, 1.82) is 0 Å². The summed E-state index contributed by atoms with van der Waals surface area (Å²) < 4.78 is 24.3. The highest BCUT2D eigenvalue weighted by Crippen LogP contribution is 2.17. The molecule has 6 fully saturated rings. The van der Waals surface area contributed by atoms with E-state index in [0.717, 1.165) is 77.0 Å². The topological polar surface area (TPSA) is 139 Å².